The second kappa shape index (κ2) is 53.4. The molecule has 0 saturated carbocycles. The minimum Gasteiger partial charge on any atom is -0.652 e. The maximum atomic E-state index is 8.33. The van der Waals surface area contributed by atoms with Crippen molar-refractivity contribution in [3.63, 3.8) is 0 Å². The van der Waals surface area contributed by atoms with Gasteiger partial charge >= 0.3 is 59.1 Å². The molecule has 0 aromatic rings. The van der Waals surface area contributed by atoms with Crippen molar-refractivity contribution >= 4 is 68.2 Å². The molecule has 0 fully saturated rings. The van der Waals surface area contributed by atoms with Crippen LogP contribution in [0.4, 0.5) is 4.79 Å². The molecule has 0 amide bonds. The predicted octanol–water partition coefficient (Wildman–Crippen LogP) is -6.33. The van der Waals surface area contributed by atoms with E-state index < -0.39 is 6.16 Å². The van der Waals surface area contributed by atoms with Crippen molar-refractivity contribution in [2.75, 3.05) is 0 Å². The van der Waals surface area contributed by atoms with Gasteiger partial charge in [0.15, 0.2) is 0 Å². The zero-order chi connectivity index (χ0) is 3.58. The van der Waals surface area contributed by atoms with Crippen LogP contribution in [-0.2, 0) is 0 Å². The molecule has 64 valence electrons. The van der Waals surface area contributed by atoms with E-state index in [1.165, 1.54) is 0 Å². The maximum absolute atomic E-state index is 8.33. The van der Waals surface area contributed by atoms with Crippen LogP contribution in [0.25, 0.3) is 0 Å². The van der Waals surface area contributed by atoms with Gasteiger partial charge in [-0.15, -0.1) is 62.0 Å². The van der Waals surface area contributed by atoms with Crippen LogP contribution in [0.5, 0.6) is 0 Å². The van der Waals surface area contributed by atoms with Gasteiger partial charge in [-0.05, 0) is 6.16 Å². The van der Waals surface area contributed by atoms with Gasteiger partial charge in [-0.25, -0.2) is 0 Å². The fraction of sp³-hybridized carbons (Fsp3) is 0. The van der Waals surface area contributed by atoms with Crippen molar-refractivity contribution in [2.24, 2.45) is 0 Å². The van der Waals surface area contributed by atoms with E-state index in [1.807, 2.05) is 0 Å². The molecule has 3 nitrogen and oxygen atoms in total. The SMILES string of the molecule is Cl.Cl.Cl.Cl.Cl.O=C([O-])[O-].[Na+].[Na+]. The van der Waals surface area contributed by atoms with Crippen molar-refractivity contribution in [3.05, 3.63) is 0 Å². The van der Waals surface area contributed by atoms with E-state index in [0.717, 1.165) is 0 Å². The topological polar surface area (TPSA) is 63.2 Å². The van der Waals surface area contributed by atoms with Crippen molar-refractivity contribution in [3.8, 4) is 0 Å². The molecule has 10 heteroatoms. The summed E-state index contributed by atoms with van der Waals surface area (Å²) in [5.41, 5.74) is 0. The Morgan fingerprint density at radius 3 is 0.727 bits per heavy atom. The van der Waals surface area contributed by atoms with Gasteiger partial charge in [0.1, 0.15) is 0 Å². The molecule has 0 aromatic heterocycles. The van der Waals surface area contributed by atoms with Gasteiger partial charge in [0.2, 0.25) is 0 Å². The van der Waals surface area contributed by atoms with E-state index in [1.54, 1.807) is 0 Å². The second-order valence-corrected chi connectivity index (χ2v) is 0.250. The summed E-state index contributed by atoms with van der Waals surface area (Å²) in [7, 11) is 0. The molecular formula is CH5Cl5Na2O3. The summed E-state index contributed by atoms with van der Waals surface area (Å²) in [4.78, 5) is 8.33. The summed E-state index contributed by atoms with van der Waals surface area (Å²) in [5.74, 6) is 0. The van der Waals surface area contributed by atoms with Gasteiger partial charge in [0.05, 0.1) is 0 Å². The van der Waals surface area contributed by atoms with Crippen LogP contribution in [0.3, 0.4) is 0 Å². The van der Waals surface area contributed by atoms with E-state index in [-0.39, 0.29) is 121 Å². The summed E-state index contributed by atoms with van der Waals surface area (Å²) in [6, 6.07) is 0. The van der Waals surface area contributed by atoms with Gasteiger partial charge in [0.25, 0.3) is 0 Å². The zero-order valence-electron chi connectivity index (χ0n) is 5.77. The van der Waals surface area contributed by atoms with Crippen molar-refractivity contribution in [2.45, 2.75) is 0 Å². The number of hydrogen-bond donors (Lipinski definition) is 0. The molecule has 0 spiro atoms. The maximum Gasteiger partial charge on any atom is 1.00 e. The summed E-state index contributed by atoms with van der Waals surface area (Å²) in [6.07, 6.45) is -2.33. The smallest absolute Gasteiger partial charge is 0.652 e. The fourth-order valence-electron chi connectivity index (χ4n) is 0. The van der Waals surface area contributed by atoms with E-state index in [4.69, 9.17) is 15.0 Å². The Balaban J connectivity index is -0.00000000214. The third kappa shape index (κ3) is 198. The first-order valence-corrected chi connectivity index (χ1v) is 0.612. The number of halogens is 5. The second-order valence-electron chi connectivity index (χ2n) is 0.250. The summed E-state index contributed by atoms with van der Waals surface area (Å²) >= 11 is 0. The van der Waals surface area contributed by atoms with E-state index in [0.29, 0.717) is 0 Å². The van der Waals surface area contributed by atoms with Crippen LogP contribution in [0, 0.1) is 0 Å². The number of carbonyl (C=O) groups is 1. The summed E-state index contributed by atoms with van der Waals surface area (Å²) in [6.45, 7) is 0. The Labute approximate surface area is 140 Å². The Kier molecular flexibility index (Phi) is 329. The third-order valence-corrected chi connectivity index (χ3v) is 0. The predicted molar refractivity (Wildman–Crippen MR) is 41.6 cm³/mol. The molecule has 0 bridgehead atoms. The largest absolute Gasteiger partial charge is 1.00 e. The normalized spacial score (nSPS) is 2.18. The van der Waals surface area contributed by atoms with Gasteiger partial charge < -0.3 is 15.0 Å². The number of carbonyl (C=O) groups excluding carboxylic acids is 1. The molecule has 0 aromatic carbocycles. The molecule has 0 heterocycles. The number of rotatable bonds is 0. The minimum absolute atomic E-state index is 0. The molecule has 0 rings (SSSR count). The molecule has 0 atom stereocenters. The monoisotopic (exact) mass is 286 g/mol. The Morgan fingerprint density at radius 1 is 0.727 bits per heavy atom. The van der Waals surface area contributed by atoms with Gasteiger partial charge in [0, 0.05) is 0 Å². The van der Waals surface area contributed by atoms with Gasteiger partial charge in [-0.1, -0.05) is 0 Å². The Morgan fingerprint density at radius 2 is 0.727 bits per heavy atom. The van der Waals surface area contributed by atoms with Crippen LogP contribution < -0.4 is 69.3 Å². The molecule has 0 aliphatic rings. The molecule has 0 aliphatic carbocycles. The molecule has 0 aliphatic heterocycles. The number of carboxylic acid groups (broad SMARTS) is 2. The van der Waals surface area contributed by atoms with E-state index in [9.17, 15) is 0 Å². The standard InChI is InChI=1S/CH2O3.5ClH.2Na/c2-1(3)4;;;;;;;/h(H2,2,3,4);5*1H;;/q;;;;;;2*+1/p-2. The van der Waals surface area contributed by atoms with Crippen molar-refractivity contribution < 1.29 is 74.1 Å². The van der Waals surface area contributed by atoms with Crippen LogP contribution in [0.1, 0.15) is 0 Å². The first kappa shape index (κ1) is 67.8. The molecule has 0 N–H and O–H groups in total. The first-order chi connectivity index (χ1) is 1.73. The third-order valence-electron chi connectivity index (χ3n) is 0. The average Bonchev–Trinajstić information content (AvgIpc) is 0.811. The molecule has 0 unspecified atom stereocenters. The molecule has 0 saturated heterocycles. The van der Waals surface area contributed by atoms with Crippen molar-refractivity contribution in [1.29, 1.82) is 0 Å². The Bertz CT molecular complexity index is 42.7. The molecule has 11 heavy (non-hydrogen) atoms. The summed E-state index contributed by atoms with van der Waals surface area (Å²) in [5, 5.41) is 16.7. The van der Waals surface area contributed by atoms with E-state index in [2.05, 4.69) is 0 Å². The van der Waals surface area contributed by atoms with Gasteiger partial charge in [-0.3, -0.25) is 0 Å². The fourth-order valence-corrected chi connectivity index (χ4v) is 0. The van der Waals surface area contributed by atoms with Crippen LogP contribution in [0.15, 0.2) is 0 Å². The molecular weight excluding hydrogens is 283 g/mol. The van der Waals surface area contributed by atoms with Crippen molar-refractivity contribution in [1.82, 2.24) is 0 Å². The zero-order valence-corrected chi connectivity index (χ0v) is 13.8. The first-order valence-electron chi connectivity index (χ1n) is 0.612. The van der Waals surface area contributed by atoms with Crippen LogP contribution in [0.2, 0.25) is 0 Å². The van der Waals surface area contributed by atoms with E-state index >= 15 is 0 Å². The quantitative estimate of drug-likeness (QED) is 0.417. The summed E-state index contributed by atoms with van der Waals surface area (Å²) < 4.78 is 0. The average molecular weight is 288 g/mol. The molecule has 0 radical (unpaired) electrons. The Hall–Kier alpha value is 2.72. The number of hydrogen-bond acceptors (Lipinski definition) is 3. The van der Waals surface area contributed by atoms with Crippen LogP contribution in [-0.4, -0.2) is 6.16 Å². The minimum atomic E-state index is -2.33. The van der Waals surface area contributed by atoms with Gasteiger partial charge in [-0.2, -0.15) is 0 Å². The van der Waals surface area contributed by atoms with Crippen LogP contribution >= 0.6 is 62.0 Å².